The number of anilines is 2. The van der Waals surface area contributed by atoms with Crippen molar-refractivity contribution in [2.75, 3.05) is 22.7 Å². The summed E-state index contributed by atoms with van der Waals surface area (Å²) < 4.78 is 32.4. The number of halogens is 1. The molecule has 0 aromatic heterocycles. The molecular weight excluding hydrogens is 494 g/mol. The van der Waals surface area contributed by atoms with Crippen LogP contribution in [0.15, 0.2) is 77.0 Å². The van der Waals surface area contributed by atoms with Crippen LogP contribution in [0.25, 0.3) is 5.57 Å². The van der Waals surface area contributed by atoms with Gasteiger partial charge in [0.25, 0.3) is 10.1 Å². The van der Waals surface area contributed by atoms with Crippen LogP contribution in [0.2, 0.25) is 5.02 Å². The molecule has 172 valence electrons. The van der Waals surface area contributed by atoms with Crippen LogP contribution in [-0.4, -0.2) is 30.7 Å². The lowest BCUT2D eigenvalue weighted by Crippen LogP contribution is -2.22. The summed E-state index contributed by atoms with van der Waals surface area (Å²) in [5, 5.41) is 0.721. The van der Waals surface area contributed by atoms with Gasteiger partial charge in [-0.15, -0.1) is 23.5 Å². The van der Waals surface area contributed by atoms with E-state index in [0.29, 0.717) is 18.7 Å². The zero-order valence-corrected chi connectivity index (χ0v) is 21.3. The normalized spacial score (nSPS) is 12.9. The number of nitrogens with zero attached hydrogens (tertiary/aromatic N) is 1. The number of hydrogen-bond donors (Lipinski definition) is 1. The minimum Gasteiger partial charge on any atom is -0.336 e. The average molecular weight is 518 g/mol. The lowest BCUT2D eigenvalue weighted by atomic mass is 9.91. The van der Waals surface area contributed by atoms with E-state index in [0.717, 1.165) is 37.3 Å². The first kappa shape index (κ1) is 24.2. The maximum Gasteiger partial charge on any atom is 0.264 e. The summed E-state index contributed by atoms with van der Waals surface area (Å²) >= 11 is 9.39. The molecule has 0 atom stereocenters. The van der Waals surface area contributed by atoms with Gasteiger partial charge in [-0.3, -0.25) is 4.55 Å². The van der Waals surface area contributed by atoms with Crippen LogP contribution in [0.3, 0.4) is 0 Å². The number of para-hydroxylation sites is 2. The largest absolute Gasteiger partial charge is 0.336 e. The van der Waals surface area contributed by atoms with Crippen LogP contribution in [-0.2, 0) is 16.7 Å². The minimum atomic E-state index is -3.94. The van der Waals surface area contributed by atoms with E-state index in [4.69, 9.17) is 16.2 Å². The number of hydrogen-bond acceptors (Lipinski definition) is 5. The van der Waals surface area contributed by atoms with E-state index >= 15 is 0 Å². The van der Waals surface area contributed by atoms with Crippen LogP contribution >= 0.6 is 35.1 Å². The van der Waals surface area contributed by atoms with E-state index in [9.17, 15) is 8.42 Å². The third-order valence-corrected chi connectivity index (χ3v) is 8.80. The predicted octanol–water partition coefficient (Wildman–Crippen LogP) is 7.08. The lowest BCUT2D eigenvalue weighted by Gasteiger charge is -2.35. The molecule has 0 spiro atoms. The summed E-state index contributed by atoms with van der Waals surface area (Å²) in [4.78, 5) is 2.33. The maximum atomic E-state index is 11.1. The van der Waals surface area contributed by atoms with Crippen molar-refractivity contribution in [2.24, 2.45) is 0 Å². The van der Waals surface area contributed by atoms with Crippen molar-refractivity contribution in [3.05, 3.63) is 98.7 Å². The first-order valence-electron chi connectivity index (χ1n) is 10.4. The van der Waals surface area contributed by atoms with E-state index in [1.165, 1.54) is 5.56 Å². The molecule has 3 aromatic rings. The average Bonchev–Trinajstić information content (AvgIpc) is 2.80. The van der Waals surface area contributed by atoms with Gasteiger partial charge < -0.3 is 4.90 Å². The lowest BCUT2D eigenvalue weighted by molar-refractivity contribution is 0.482. The SMILES string of the molecule is CSC(SCCCS(=O)(=O)O)=C1c2ccccc2N(Cc2ccc(Cl)cc2)c2ccccc21. The number of benzene rings is 3. The van der Waals surface area contributed by atoms with E-state index in [2.05, 4.69) is 53.4 Å². The minimum absolute atomic E-state index is 0.223. The van der Waals surface area contributed by atoms with Crippen molar-refractivity contribution in [3.63, 3.8) is 0 Å². The molecule has 4 nitrogen and oxygen atoms in total. The summed E-state index contributed by atoms with van der Waals surface area (Å²) in [6, 6.07) is 24.7. The Morgan fingerprint density at radius 1 is 0.939 bits per heavy atom. The molecule has 1 aliphatic rings. The van der Waals surface area contributed by atoms with Crippen molar-refractivity contribution < 1.29 is 13.0 Å². The van der Waals surface area contributed by atoms with Crippen LogP contribution in [0.5, 0.6) is 0 Å². The fourth-order valence-corrected chi connectivity index (χ4v) is 6.72. The van der Waals surface area contributed by atoms with Crippen molar-refractivity contribution in [1.82, 2.24) is 0 Å². The zero-order chi connectivity index (χ0) is 23.4. The molecule has 0 unspecified atom stereocenters. The molecule has 0 radical (unpaired) electrons. The van der Waals surface area contributed by atoms with Crippen LogP contribution in [0, 0.1) is 0 Å². The van der Waals surface area contributed by atoms with E-state index in [-0.39, 0.29) is 5.75 Å². The second-order valence-corrected chi connectivity index (χ2v) is 11.8. The summed E-state index contributed by atoms with van der Waals surface area (Å²) in [5.74, 6) is 0.386. The molecule has 3 aromatic carbocycles. The Balaban J connectivity index is 1.75. The predicted molar refractivity (Wildman–Crippen MR) is 143 cm³/mol. The topological polar surface area (TPSA) is 57.6 Å². The smallest absolute Gasteiger partial charge is 0.264 e. The van der Waals surface area contributed by atoms with Crippen LogP contribution in [0.4, 0.5) is 11.4 Å². The van der Waals surface area contributed by atoms with Gasteiger partial charge in [0, 0.05) is 43.9 Å². The van der Waals surface area contributed by atoms with Crippen LogP contribution in [0.1, 0.15) is 23.1 Å². The molecule has 4 rings (SSSR count). The van der Waals surface area contributed by atoms with E-state index < -0.39 is 10.1 Å². The molecule has 0 saturated carbocycles. The molecule has 1 aliphatic heterocycles. The molecule has 0 bridgehead atoms. The van der Waals surface area contributed by atoms with Gasteiger partial charge in [0.15, 0.2) is 0 Å². The summed E-state index contributed by atoms with van der Waals surface area (Å²) in [6.45, 7) is 0.717. The zero-order valence-electron chi connectivity index (χ0n) is 18.1. The van der Waals surface area contributed by atoms with Gasteiger partial charge in [0.05, 0.1) is 5.75 Å². The van der Waals surface area contributed by atoms with Crippen molar-refractivity contribution >= 4 is 62.2 Å². The highest BCUT2D eigenvalue weighted by Gasteiger charge is 2.28. The van der Waals surface area contributed by atoms with Crippen LogP contribution < -0.4 is 4.90 Å². The van der Waals surface area contributed by atoms with E-state index in [1.807, 2.05) is 30.5 Å². The molecule has 1 N–H and O–H groups in total. The highest BCUT2D eigenvalue weighted by Crippen LogP contribution is 2.50. The maximum absolute atomic E-state index is 11.1. The molecule has 8 heteroatoms. The number of rotatable bonds is 8. The number of fused-ring (bicyclic) bond motifs is 2. The van der Waals surface area contributed by atoms with Gasteiger partial charge in [0.1, 0.15) is 0 Å². The second-order valence-electron chi connectivity index (χ2n) is 7.60. The summed E-state index contributed by atoms with van der Waals surface area (Å²) in [5.41, 5.74) is 6.89. The Bertz CT molecular complexity index is 1220. The van der Waals surface area contributed by atoms with Crippen molar-refractivity contribution in [2.45, 2.75) is 13.0 Å². The Hall–Kier alpha value is -1.90. The highest BCUT2D eigenvalue weighted by atomic mass is 35.5. The Morgan fingerprint density at radius 2 is 1.52 bits per heavy atom. The second kappa shape index (κ2) is 10.6. The van der Waals surface area contributed by atoms with Crippen molar-refractivity contribution in [1.29, 1.82) is 0 Å². The Kier molecular flexibility index (Phi) is 7.76. The van der Waals surface area contributed by atoms with Gasteiger partial charge in [-0.05, 0) is 48.3 Å². The third kappa shape index (κ3) is 5.78. The van der Waals surface area contributed by atoms with Gasteiger partial charge in [-0.2, -0.15) is 8.42 Å². The molecular formula is C25H24ClNO3S3. The first-order valence-corrected chi connectivity index (χ1v) is 14.6. The van der Waals surface area contributed by atoms with E-state index in [1.54, 1.807) is 23.5 Å². The van der Waals surface area contributed by atoms with Gasteiger partial charge in [0.2, 0.25) is 0 Å². The van der Waals surface area contributed by atoms with Crippen molar-refractivity contribution in [3.8, 4) is 0 Å². The summed E-state index contributed by atoms with van der Waals surface area (Å²) in [7, 11) is -3.94. The third-order valence-electron chi connectivity index (χ3n) is 5.35. The van der Waals surface area contributed by atoms with Gasteiger partial charge >= 0.3 is 0 Å². The molecule has 0 amide bonds. The number of thioether (sulfide) groups is 2. The molecule has 1 heterocycles. The quantitative estimate of drug-likeness (QED) is 0.254. The molecule has 0 saturated heterocycles. The summed E-state index contributed by atoms with van der Waals surface area (Å²) in [6.07, 6.45) is 2.44. The standard InChI is InChI=1S/C25H24ClNO3S3/c1-31-25(32-15-6-16-33(28,29)30)24-20-7-2-4-9-22(20)27(23-10-5-3-8-21(23)24)17-18-11-13-19(26)14-12-18/h2-5,7-14H,6,15-17H2,1H3,(H,28,29,30). The first-order chi connectivity index (χ1) is 15.9. The Morgan fingerprint density at radius 3 is 2.06 bits per heavy atom. The highest BCUT2D eigenvalue weighted by molar-refractivity contribution is 8.22. The molecule has 33 heavy (non-hydrogen) atoms. The fraction of sp³-hybridized carbons (Fsp3) is 0.200. The van der Waals surface area contributed by atoms with Gasteiger partial charge in [-0.25, -0.2) is 0 Å². The fourth-order valence-electron chi connectivity index (χ4n) is 3.92. The van der Waals surface area contributed by atoms with Gasteiger partial charge in [-0.1, -0.05) is 60.1 Å². The molecule has 0 aliphatic carbocycles. The molecule has 0 fully saturated rings. The Labute approximate surface area is 208 Å². The monoisotopic (exact) mass is 517 g/mol.